The predicted molar refractivity (Wildman–Crippen MR) is 104 cm³/mol. The van der Waals surface area contributed by atoms with Crippen molar-refractivity contribution in [3.63, 3.8) is 0 Å². The van der Waals surface area contributed by atoms with E-state index in [0.717, 1.165) is 22.3 Å². The largest absolute Gasteiger partial charge is 0.493 e. The molecule has 0 aliphatic carbocycles. The first kappa shape index (κ1) is 18.9. The second kappa shape index (κ2) is 7.21. The van der Waals surface area contributed by atoms with E-state index in [0.29, 0.717) is 12.2 Å². The molecule has 0 bridgehead atoms. The fourth-order valence-corrected chi connectivity index (χ4v) is 3.47. The SMILES string of the molecule is Cn1c(=O)c2c(ncn2CC(=O)NCC(O)c2ccc3c(c2)CCO3)n(C)c1=O. The Morgan fingerprint density at radius 3 is 2.90 bits per heavy atom. The molecule has 0 radical (unpaired) electrons. The van der Waals surface area contributed by atoms with Crippen LogP contribution in [0.4, 0.5) is 0 Å². The van der Waals surface area contributed by atoms with Gasteiger partial charge in [0.25, 0.3) is 5.56 Å². The van der Waals surface area contributed by atoms with E-state index in [1.807, 2.05) is 12.1 Å². The summed E-state index contributed by atoms with van der Waals surface area (Å²) >= 11 is 0. The number of hydrogen-bond donors (Lipinski definition) is 2. The van der Waals surface area contributed by atoms with Crippen LogP contribution in [0.15, 0.2) is 34.1 Å². The first-order valence-electron chi connectivity index (χ1n) is 9.18. The Balaban J connectivity index is 1.46. The molecule has 1 aliphatic heterocycles. The van der Waals surface area contributed by atoms with Crippen molar-refractivity contribution < 1.29 is 14.6 Å². The Kier molecular flexibility index (Phi) is 4.71. The van der Waals surface area contributed by atoms with E-state index in [2.05, 4.69) is 10.3 Å². The molecule has 0 fully saturated rings. The molecular weight excluding hydrogens is 378 g/mol. The second-order valence-electron chi connectivity index (χ2n) is 7.04. The summed E-state index contributed by atoms with van der Waals surface area (Å²) in [5.41, 5.74) is 1.12. The summed E-state index contributed by atoms with van der Waals surface area (Å²) < 4.78 is 9.07. The summed E-state index contributed by atoms with van der Waals surface area (Å²) in [6, 6.07) is 5.47. The third-order valence-corrected chi connectivity index (χ3v) is 5.12. The predicted octanol–water partition coefficient (Wildman–Crippen LogP) is -0.782. The average molecular weight is 399 g/mol. The molecule has 1 aromatic carbocycles. The lowest BCUT2D eigenvalue weighted by Gasteiger charge is -2.14. The van der Waals surface area contributed by atoms with Crippen molar-refractivity contribution in [2.45, 2.75) is 19.1 Å². The molecule has 10 nitrogen and oxygen atoms in total. The Morgan fingerprint density at radius 2 is 2.10 bits per heavy atom. The molecule has 29 heavy (non-hydrogen) atoms. The van der Waals surface area contributed by atoms with Crippen LogP contribution in [0.25, 0.3) is 11.2 Å². The minimum Gasteiger partial charge on any atom is -0.493 e. The lowest BCUT2D eigenvalue weighted by atomic mass is 10.0. The molecule has 3 aromatic rings. The molecule has 1 atom stereocenters. The highest BCUT2D eigenvalue weighted by molar-refractivity contribution is 5.78. The first-order valence-corrected chi connectivity index (χ1v) is 9.18. The number of amides is 1. The van der Waals surface area contributed by atoms with Crippen LogP contribution >= 0.6 is 0 Å². The monoisotopic (exact) mass is 399 g/mol. The Morgan fingerprint density at radius 1 is 1.31 bits per heavy atom. The molecular formula is C19H21N5O5. The lowest BCUT2D eigenvalue weighted by molar-refractivity contribution is -0.122. The molecule has 0 saturated carbocycles. The van der Waals surface area contributed by atoms with Crippen molar-refractivity contribution in [3.05, 3.63) is 56.5 Å². The molecule has 1 unspecified atom stereocenters. The number of aliphatic hydroxyl groups excluding tert-OH is 1. The number of hydrogen-bond acceptors (Lipinski definition) is 6. The molecule has 1 amide bonds. The van der Waals surface area contributed by atoms with Crippen LogP contribution in [0.5, 0.6) is 5.75 Å². The topological polar surface area (TPSA) is 120 Å². The molecule has 4 rings (SSSR count). The van der Waals surface area contributed by atoms with Crippen LogP contribution in [-0.2, 0) is 31.9 Å². The van der Waals surface area contributed by atoms with E-state index in [1.54, 1.807) is 6.07 Å². The number of ether oxygens (including phenoxy) is 1. The number of carbonyl (C=O) groups is 1. The zero-order valence-corrected chi connectivity index (χ0v) is 16.1. The van der Waals surface area contributed by atoms with Crippen LogP contribution < -0.4 is 21.3 Å². The van der Waals surface area contributed by atoms with Crippen LogP contribution in [0.1, 0.15) is 17.2 Å². The zero-order valence-electron chi connectivity index (χ0n) is 16.1. The smallest absolute Gasteiger partial charge is 0.332 e. The molecule has 2 aromatic heterocycles. The van der Waals surface area contributed by atoms with Gasteiger partial charge in [-0.2, -0.15) is 0 Å². The standard InChI is InChI=1S/C19H21N5O5/c1-22-17-16(18(27)23(2)19(22)28)24(10-21-17)9-15(26)20-8-13(25)11-3-4-14-12(7-11)5-6-29-14/h3-4,7,10,13,25H,5-6,8-9H2,1-2H3,(H,20,26). The molecule has 0 saturated heterocycles. The first-order chi connectivity index (χ1) is 13.9. The van der Waals surface area contributed by atoms with Gasteiger partial charge in [0.2, 0.25) is 5.91 Å². The third kappa shape index (κ3) is 3.31. The molecule has 3 heterocycles. The van der Waals surface area contributed by atoms with Crippen molar-refractivity contribution >= 4 is 17.1 Å². The maximum Gasteiger partial charge on any atom is 0.332 e. The number of nitrogens with zero attached hydrogens (tertiary/aromatic N) is 4. The molecule has 2 N–H and O–H groups in total. The van der Waals surface area contributed by atoms with Crippen LogP contribution in [0, 0.1) is 0 Å². The van der Waals surface area contributed by atoms with Crippen molar-refractivity contribution in [2.75, 3.05) is 13.2 Å². The van der Waals surface area contributed by atoms with Gasteiger partial charge in [-0.25, -0.2) is 9.78 Å². The molecule has 0 spiro atoms. The molecule has 10 heteroatoms. The van der Waals surface area contributed by atoms with E-state index in [-0.39, 0.29) is 30.2 Å². The Labute approximate surface area is 165 Å². The van der Waals surface area contributed by atoms with Gasteiger partial charge in [-0.05, 0) is 23.3 Å². The number of fused-ring (bicyclic) bond motifs is 2. The van der Waals surface area contributed by atoms with Gasteiger partial charge in [0.05, 0.1) is 19.0 Å². The van der Waals surface area contributed by atoms with Gasteiger partial charge in [0.15, 0.2) is 11.2 Å². The van der Waals surface area contributed by atoms with Crippen LogP contribution in [0.3, 0.4) is 0 Å². The van der Waals surface area contributed by atoms with Gasteiger partial charge < -0.3 is 19.7 Å². The number of aliphatic hydroxyl groups is 1. The van der Waals surface area contributed by atoms with E-state index in [4.69, 9.17) is 4.74 Å². The minimum absolute atomic E-state index is 0.0294. The maximum atomic E-state index is 12.4. The van der Waals surface area contributed by atoms with E-state index in [1.165, 1.54) is 29.6 Å². The number of aryl methyl sites for hydroxylation is 1. The highest BCUT2D eigenvalue weighted by Crippen LogP contribution is 2.28. The molecule has 1 aliphatic rings. The van der Waals surface area contributed by atoms with Crippen LogP contribution in [-0.4, -0.2) is 42.9 Å². The number of imidazole rings is 1. The number of carbonyl (C=O) groups excluding carboxylic acids is 1. The van der Waals surface area contributed by atoms with Gasteiger partial charge in [-0.3, -0.25) is 18.7 Å². The lowest BCUT2D eigenvalue weighted by Crippen LogP contribution is -2.38. The Bertz CT molecular complexity index is 1220. The number of nitrogens with one attached hydrogen (secondary N) is 1. The summed E-state index contributed by atoms with van der Waals surface area (Å²) in [6.45, 7) is 0.506. The number of rotatable bonds is 5. The fraction of sp³-hybridized carbons (Fsp3) is 0.368. The summed E-state index contributed by atoms with van der Waals surface area (Å²) in [4.78, 5) is 40.8. The minimum atomic E-state index is -0.863. The van der Waals surface area contributed by atoms with Gasteiger partial charge in [0, 0.05) is 27.1 Å². The quantitative estimate of drug-likeness (QED) is 0.581. The van der Waals surface area contributed by atoms with Gasteiger partial charge >= 0.3 is 5.69 Å². The Hall–Kier alpha value is -3.40. The zero-order chi connectivity index (χ0) is 20.7. The summed E-state index contributed by atoms with van der Waals surface area (Å²) in [5.74, 6) is 0.441. The maximum absolute atomic E-state index is 12.4. The average Bonchev–Trinajstić information content (AvgIpc) is 3.35. The van der Waals surface area contributed by atoms with Gasteiger partial charge in [-0.15, -0.1) is 0 Å². The normalized spacial score (nSPS) is 13.9. The summed E-state index contributed by atoms with van der Waals surface area (Å²) in [7, 11) is 2.89. The van der Waals surface area contributed by atoms with Gasteiger partial charge in [0.1, 0.15) is 12.3 Å². The summed E-state index contributed by atoms with van der Waals surface area (Å²) in [5, 5.41) is 13.0. The summed E-state index contributed by atoms with van der Waals surface area (Å²) in [6.07, 6.45) is 1.29. The van der Waals surface area contributed by atoms with Crippen LogP contribution in [0.2, 0.25) is 0 Å². The van der Waals surface area contributed by atoms with E-state index in [9.17, 15) is 19.5 Å². The number of benzene rings is 1. The molecule has 152 valence electrons. The highest BCUT2D eigenvalue weighted by Gasteiger charge is 2.18. The van der Waals surface area contributed by atoms with Crippen molar-refractivity contribution in [1.82, 2.24) is 24.0 Å². The van der Waals surface area contributed by atoms with Crippen molar-refractivity contribution in [3.8, 4) is 5.75 Å². The van der Waals surface area contributed by atoms with Crippen molar-refractivity contribution in [2.24, 2.45) is 14.1 Å². The van der Waals surface area contributed by atoms with E-state index >= 15 is 0 Å². The second-order valence-corrected chi connectivity index (χ2v) is 7.04. The van der Waals surface area contributed by atoms with Gasteiger partial charge in [-0.1, -0.05) is 6.07 Å². The number of aromatic nitrogens is 4. The fourth-order valence-electron chi connectivity index (χ4n) is 3.47. The van der Waals surface area contributed by atoms with E-state index < -0.39 is 17.4 Å². The van der Waals surface area contributed by atoms with Crippen molar-refractivity contribution in [1.29, 1.82) is 0 Å². The highest BCUT2D eigenvalue weighted by atomic mass is 16.5. The third-order valence-electron chi connectivity index (χ3n) is 5.12.